The summed E-state index contributed by atoms with van der Waals surface area (Å²) >= 11 is -1.92. The minimum absolute atomic E-state index is 1.92. The van der Waals surface area contributed by atoms with Crippen molar-refractivity contribution in [2.24, 2.45) is 0 Å². The van der Waals surface area contributed by atoms with E-state index in [0.717, 1.165) is 0 Å². The van der Waals surface area contributed by atoms with Crippen LogP contribution in [0.4, 0.5) is 13.2 Å². The van der Waals surface area contributed by atoms with Crippen LogP contribution in [0.1, 0.15) is 0 Å². The first kappa shape index (κ1) is 15.7. The molecule has 12 heavy (non-hydrogen) atoms. The Kier molecular flexibility index (Phi) is 7.74. The Morgan fingerprint density at radius 2 is 1.25 bits per heavy atom. The second-order valence-electron chi connectivity index (χ2n) is 1.11. The molecule has 0 aromatic rings. The van der Waals surface area contributed by atoms with Crippen LogP contribution < -0.4 is 0 Å². The van der Waals surface area contributed by atoms with Crippen LogP contribution in [0.25, 0.3) is 0 Å². The van der Waals surface area contributed by atoms with Gasteiger partial charge in [0.2, 0.25) is 0 Å². The molecule has 74 valence electrons. The molecule has 0 aromatic carbocycles. The molecule has 0 saturated heterocycles. The molecule has 0 aromatic heterocycles. The van der Waals surface area contributed by atoms with Gasteiger partial charge in [-0.25, -0.2) is 8.42 Å². The van der Waals surface area contributed by atoms with Crippen molar-refractivity contribution in [1.29, 1.82) is 0 Å². The van der Waals surface area contributed by atoms with E-state index in [1.165, 1.54) is 0 Å². The zero-order chi connectivity index (χ0) is 10.6. The van der Waals surface area contributed by atoms with E-state index in [0.29, 0.717) is 0 Å². The number of hydrogen-bond acceptors (Lipinski definition) is 3. The Morgan fingerprint density at radius 1 is 1.17 bits per heavy atom. The van der Waals surface area contributed by atoms with Crippen molar-refractivity contribution >= 4 is 38.0 Å². The standard InChI is InChI=1S/CHF3O3S.3ClH.Ti/c2-1(3,4)8(5,6)7;;;;/h(H,5,6,7);3*1H;/q;;;;+4/p-4. The Balaban J connectivity index is 0. The van der Waals surface area contributed by atoms with Crippen LogP contribution in [-0.2, 0) is 24.8 Å². The zero-order valence-corrected chi connectivity index (χ0v) is 9.55. The zero-order valence-electron chi connectivity index (χ0n) is 4.90. The molecule has 0 aliphatic heterocycles. The Morgan fingerprint density at radius 3 is 1.25 bits per heavy atom. The third-order valence-electron chi connectivity index (χ3n) is 0.283. The Hall–Kier alpha value is 1.28. The quantitative estimate of drug-likeness (QED) is 0.391. The van der Waals surface area contributed by atoms with Gasteiger partial charge in [-0.15, -0.1) is 0 Å². The van der Waals surface area contributed by atoms with Gasteiger partial charge < -0.3 is 4.55 Å². The summed E-state index contributed by atoms with van der Waals surface area (Å²) in [5.74, 6) is 0. The molecular weight excluding hydrogens is 303 g/mol. The first-order chi connectivity index (χ1) is 4.98. The Bertz CT molecular complexity index is 209. The Labute approximate surface area is 84.0 Å². The van der Waals surface area contributed by atoms with Crippen LogP contribution in [0.2, 0.25) is 0 Å². The summed E-state index contributed by atoms with van der Waals surface area (Å²) in [6.07, 6.45) is 0. The van der Waals surface area contributed by atoms with Crippen molar-refractivity contribution in [3.63, 3.8) is 0 Å². The fourth-order valence-corrected chi connectivity index (χ4v) is 0. The number of alkyl halides is 3. The third kappa shape index (κ3) is 11.3. The minimum atomic E-state index is -6.09. The molecule has 0 N–H and O–H groups in total. The second-order valence-corrected chi connectivity index (χ2v) is 10.2. The molecule has 0 heterocycles. The van der Waals surface area contributed by atoms with E-state index in [9.17, 15) is 13.2 Å². The summed E-state index contributed by atoms with van der Waals surface area (Å²) in [5, 5.41) is 0. The molecule has 0 unspecified atom stereocenters. The molecule has 11 heteroatoms. The van der Waals surface area contributed by atoms with Crippen molar-refractivity contribution in [3.8, 4) is 0 Å². The van der Waals surface area contributed by atoms with Crippen molar-refractivity contribution in [3.05, 3.63) is 0 Å². The SMILES string of the molecule is O=S(=O)([O-])C(F)(F)F.[Cl][Ti+]([Cl])[Cl]. The molecule has 0 radical (unpaired) electrons. The third-order valence-corrected chi connectivity index (χ3v) is 0.850. The van der Waals surface area contributed by atoms with Crippen LogP contribution in [0.15, 0.2) is 0 Å². The number of hydrogen-bond donors (Lipinski definition) is 0. The number of rotatable bonds is 0. The molecule has 0 spiro atoms. The predicted octanol–water partition coefficient (Wildman–Crippen LogP) is 2.12. The van der Waals surface area contributed by atoms with E-state index in [1.54, 1.807) is 0 Å². The van der Waals surface area contributed by atoms with Gasteiger partial charge in [0.05, 0.1) is 0 Å². The molecular formula is CCl3F3O3STi. The van der Waals surface area contributed by atoms with E-state index in [1.807, 2.05) is 0 Å². The van der Waals surface area contributed by atoms with Gasteiger partial charge in [0.25, 0.3) is 0 Å². The molecule has 0 rings (SSSR count). The summed E-state index contributed by atoms with van der Waals surface area (Å²) in [6, 6.07) is 0. The summed E-state index contributed by atoms with van der Waals surface area (Å²) < 4.78 is 58.9. The summed E-state index contributed by atoms with van der Waals surface area (Å²) in [6.45, 7) is 0. The second kappa shape index (κ2) is 5.90. The fraction of sp³-hybridized carbons (Fsp3) is 1.00. The van der Waals surface area contributed by atoms with Crippen molar-refractivity contribution in [1.82, 2.24) is 0 Å². The van der Waals surface area contributed by atoms with Crippen LogP contribution in [0.5, 0.6) is 0 Å². The van der Waals surface area contributed by atoms with Gasteiger partial charge >= 0.3 is 48.1 Å². The molecule has 0 aliphatic rings. The predicted molar refractivity (Wildman–Crippen MR) is 33.3 cm³/mol. The molecule has 0 aliphatic carbocycles. The van der Waals surface area contributed by atoms with Gasteiger partial charge in [-0.05, 0) is 0 Å². The molecule has 0 saturated carbocycles. The van der Waals surface area contributed by atoms with E-state index in [-0.39, 0.29) is 0 Å². The molecule has 0 atom stereocenters. The monoisotopic (exact) mass is 302 g/mol. The molecule has 0 bridgehead atoms. The van der Waals surface area contributed by atoms with Crippen molar-refractivity contribution < 1.29 is 40.8 Å². The topological polar surface area (TPSA) is 57.2 Å². The average molecular weight is 303 g/mol. The maximum absolute atomic E-state index is 10.7. The van der Waals surface area contributed by atoms with Gasteiger partial charge in [-0.1, -0.05) is 0 Å². The van der Waals surface area contributed by atoms with Crippen LogP contribution >= 0.6 is 27.9 Å². The van der Waals surface area contributed by atoms with Gasteiger partial charge in [0.1, 0.15) is 0 Å². The van der Waals surface area contributed by atoms with E-state index < -0.39 is 30.3 Å². The van der Waals surface area contributed by atoms with E-state index in [2.05, 4.69) is 0 Å². The van der Waals surface area contributed by atoms with Gasteiger partial charge in [0, 0.05) is 0 Å². The first-order valence-corrected chi connectivity index (χ1v) is 9.69. The first-order valence-electron chi connectivity index (χ1n) is 1.84. The van der Waals surface area contributed by atoms with Crippen LogP contribution in [0, 0.1) is 0 Å². The van der Waals surface area contributed by atoms with E-state index >= 15 is 0 Å². The molecule has 0 amide bonds. The van der Waals surface area contributed by atoms with Crippen LogP contribution in [0.3, 0.4) is 0 Å². The van der Waals surface area contributed by atoms with Gasteiger partial charge in [-0.3, -0.25) is 0 Å². The van der Waals surface area contributed by atoms with Crippen LogP contribution in [-0.4, -0.2) is 18.5 Å². The van der Waals surface area contributed by atoms with Gasteiger partial charge in [0.15, 0.2) is 10.1 Å². The van der Waals surface area contributed by atoms with E-state index in [4.69, 9.17) is 40.9 Å². The van der Waals surface area contributed by atoms with Crippen molar-refractivity contribution in [2.45, 2.75) is 5.51 Å². The fourth-order valence-electron chi connectivity index (χ4n) is 0. The number of halogens is 6. The average Bonchev–Trinajstić information content (AvgIpc) is 1.55. The normalized spacial score (nSPS) is 11.6. The van der Waals surface area contributed by atoms with Gasteiger partial charge in [-0.2, -0.15) is 13.2 Å². The summed E-state index contributed by atoms with van der Waals surface area (Å²) in [5.41, 5.74) is -5.65. The molecule has 3 nitrogen and oxygen atoms in total. The van der Waals surface area contributed by atoms with Crippen molar-refractivity contribution in [2.75, 3.05) is 0 Å². The summed E-state index contributed by atoms with van der Waals surface area (Å²) in [7, 11) is 8.83. The molecule has 0 fully saturated rings. The summed E-state index contributed by atoms with van der Waals surface area (Å²) in [4.78, 5) is 0. The maximum atomic E-state index is 10.7.